The summed E-state index contributed by atoms with van der Waals surface area (Å²) in [7, 11) is 0. The number of carboxylic acid groups (broad SMARTS) is 1. The average molecular weight is 457 g/mol. The second kappa shape index (κ2) is 11.4. The Kier molecular flexibility index (Phi) is 8.12. The first-order valence-electron chi connectivity index (χ1n) is 10.6. The lowest BCUT2D eigenvalue weighted by Gasteiger charge is -2.08. The van der Waals surface area contributed by atoms with Crippen LogP contribution in [0.3, 0.4) is 0 Å². The Morgan fingerprint density at radius 1 is 0.765 bits per heavy atom. The van der Waals surface area contributed by atoms with Crippen molar-refractivity contribution in [2.75, 3.05) is 6.61 Å². The molecule has 0 aliphatic rings. The van der Waals surface area contributed by atoms with Gasteiger partial charge in [-0.2, -0.15) is 0 Å². The van der Waals surface area contributed by atoms with Gasteiger partial charge in [-0.3, -0.25) is 0 Å². The molecule has 1 N–H and O–H groups in total. The molecule has 0 unspecified atom stereocenters. The minimum Gasteiger partial charge on any atom is -0.478 e. The molecule has 0 amide bonds. The Bertz CT molecular complexity index is 1280. The molecule has 172 valence electrons. The number of rotatable bonds is 5. The van der Waals surface area contributed by atoms with Gasteiger partial charge in [0.15, 0.2) is 0 Å². The summed E-state index contributed by atoms with van der Waals surface area (Å²) < 4.78 is 5.01. The molecule has 2 heterocycles. The zero-order chi connectivity index (χ0) is 24.5. The van der Waals surface area contributed by atoms with Gasteiger partial charge in [0.1, 0.15) is 22.8 Å². The Balaban J connectivity index is 0.000000192. The molecule has 0 aliphatic carbocycles. The molecule has 0 radical (unpaired) electrons. The summed E-state index contributed by atoms with van der Waals surface area (Å²) in [5, 5.41) is 9.04. The molecule has 0 saturated carbocycles. The SMILES string of the molecule is CCOC(=O)c1cnc(C)nc1-c1ccccc1.Cc1ncc(C(=O)O)c(-c2ccccc2)n1. The van der Waals surface area contributed by atoms with E-state index in [0.29, 0.717) is 35.2 Å². The van der Waals surface area contributed by atoms with Gasteiger partial charge in [0, 0.05) is 23.5 Å². The van der Waals surface area contributed by atoms with Crippen LogP contribution >= 0.6 is 0 Å². The number of hydrogen-bond donors (Lipinski definition) is 1. The maximum Gasteiger partial charge on any atom is 0.341 e. The van der Waals surface area contributed by atoms with Gasteiger partial charge in [0.05, 0.1) is 18.0 Å². The maximum atomic E-state index is 11.8. The summed E-state index contributed by atoms with van der Waals surface area (Å²) in [6, 6.07) is 18.8. The third-order valence-electron chi connectivity index (χ3n) is 4.64. The molecule has 0 aliphatic heterocycles. The number of esters is 1. The standard InChI is InChI=1S/C14H14N2O2.C12H10N2O2/c1-3-18-14(17)12-9-15-10(2)16-13(12)11-7-5-4-6-8-11;1-8-13-7-10(12(15)16)11(14-8)9-5-3-2-4-6-9/h4-9H,3H2,1-2H3;2-7H,1H3,(H,15,16). The molecule has 4 rings (SSSR count). The second-order valence-corrected chi connectivity index (χ2v) is 7.12. The molecular formula is C26H24N4O4. The van der Waals surface area contributed by atoms with Crippen molar-refractivity contribution < 1.29 is 19.4 Å². The zero-order valence-corrected chi connectivity index (χ0v) is 19.1. The molecule has 0 fully saturated rings. The summed E-state index contributed by atoms with van der Waals surface area (Å²) in [4.78, 5) is 39.3. The highest BCUT2D eigenvalue weighted by Gasteiger charge is 2.16. The summed E-state index contributed by atoms with van der Waals surface area (Å²) >= 11 is 0. The van der Waals surface area contributed by atoms with Crippen LogP contribution in [0.5, 0.6) is 0 Å². The molecule has 0 spiro atoms. The van der Waals surface area contributed by atoms with Crippen molar-refractivity contribution in [2.45, 2.75) is 20.8 Å². The number of carbonyl (C=O) groups is 2. The topological polar surface area (TPSA) is 115 Å². The first-order valence-corrected chi connectivity index (χ1v) is 10.6. The van der Waals surface area contributed by atoms with Crippen molar-refractivity contribution in [1.29, 1.82) is 0 Å². The number of carbonyl (C=O) groups excluding carboxylic acids is 1. The number of aryl methyl sites for hydroxylation is 2. The van der Waals surface area contributed by atoms with Crippen LogP contribution in [0.4, 0.5) is 0 Å². The lowest BCUT2D eigenvalue weighted by atomic mass is 10.1. The molecule has 4 aromatic rings. The number of aromatic nitrogens is 4. The van der Waals surface area contributed by atoms with E-state index in [1.54, 1.807) is 20.8 Å². The van der Waals surface area contributed by atoms with Crippen LogP contribution in [-0.2, 0) is 4.74 Å². The predicted octanol–water partition coefficient (Wildman–Crippen LogP) is 4.78. The first kappa shape index (κ1) is 24.2. The van der Waals surface area contributed by atoms with Crippen LogP contribution in [0.1, 0.15) is 39.3 Å². The average Bonchev–Trinajstić information content (AvgIpc) is 2.85. The van der Waals surface area contributed by atoms with Crippen molar-refractivity contribution in [2.24, 2.45) is 0 Å². The Labute approximate surface area is 197 Å². The first-order chi connectivity index (χ1) is 16.4. The smallest absolute Gasteiger partial charge is 0.341 e. The normalized spacial score (nSPS) is 10.1. The molecule has 8 heteroatoms. The number of hydrogen-bond acceptors (Lipinski definition) is 7. The summed E-state index contributed by atoms with van der Waals surface area (Å²) in [6.07, 6.45) is 2.86. The number of ether oxygens (including phenoxy) is 1. The van der Waals surface area contributed by atoms with E-state index in [-0.39, 0.29) is 5.56 Å². The van der Waals surface area contributed by atoms with Gasteiger partial charge in [-0.25, -0.2) is 29.5 Å². The van der Waals surface area contributed by atoms with E-state index in [4.69, 9.17) is 9.84 Å². The van der Waals surface area contributed by atoms with Crippen LogP contribution < -0.4 is 0 Å². The van der Waals surface area contributed by atoms with Crippen LogP contribution in [0.25, 0.3) is 22.5 Å². The predicted molar refractivity (Wildman–Crippen MR) is 127 cm³/mol. The third-order valence-corrected chi connectivity index (χ3v) is 4.64. The van der Waals surface area contributed by atoms with E-state index in [1.807, 2.05) is 60.7 Å². The van der Waals surface area contributed by atoms with Crippen LogP contribution in [-0.4, -0.2) is 43.6 Å². The van der Waals surface area contributed by atoms with Crippen LogP contribution in [0, 0.1) is 13.8 Å². The summed E-state index contributed by atoms with van der Waals surface area (Å²) in [6.45, 7) is 5.63. The van der Waals surface area contributed by atoms with Gasteiger partial charge in [-0.05, 0) is 20.8 Å². The maximum absolute atomic E-state index is 11.8. The molecule has 0 bridgehead atoms. The summed E-state index contributed by atoms with van der Waals surface area (Å²) in [5.41, 5.74) is 3.25. The minimum absolute atomic E-state index is 0.122. The van der Waals surface area contributed by atoms with E-state index < -0.39 is 11.9 Å². The van der Waals surface area contributed by atoms with Gasteiger partial charge in [0.2, 0.25) is 0 Å². The van der Waals surface area contributed by atoms with Gasteiger partial charge >= 0.3 is 11.9 Å². The van der Waals surface area contributed by atoms with E-state index in [1.165, 1.54) is 12.4 Å². The molecule has 8 nitrogen and oxygen atoms in total. The fourth-order valence-electron chi connectivity index (χ4n) is 3.09. The molecule has 0 saturated heterocycles. The number of aromatic carboxylic acids is 1. The Hall–Kier alpha value is -4.46. The molecular weight excluding hydrogens is 432 g/mol. The highest BCUT2D eigenvalue weighted by molar-refractivity contribution is 5.96. The molecule has 2 aromatic carbocycles. The van der Waals surface area contributed by atoms with E-state index >= 15 is 0 Å². The van der Waals surface area contributed by atoms with Crippen molar-refractivity contribution in [1.82, 2.24) is 19.9 Å². The van der Waals surface area contributed by atoms with Crippen LogP contribution in [0.2, 0.25) is 0 Å². The lowest BCUT2D eigenvalue weighted by Crippen LogP contribution is -2.09. The number of nitrogens with zero attached hydrogens (tertiary/aromatic N) is 4. The largest absolute Gasteiger partial charge is 0.478 e. The highest BCUT2D eigenvalue weighted by Crippen LogP contribution is 2.22. The van der Waals surface area contributed by atoms with E-state index in [2.05, 4.69) is 19.9 Å². The molecule has 0 atom stereocenters. The van der Waals surface area contributed by atoms with Crippen molar-refractivity contribution in [3.8, 4) is 22.5 Å². The van der Waals surface area contributed by atoms with Gasteiger partial charge in [-0.1, -0.05) is 60.7 Å². The Morgan fingerprint density at radius 2 is 1.21 bits per heavy atom. The van der Waals surface area contributed by atoms with Gasteiger partial charge in [0.25, 0.3) is 0 Å². The van der Waals surface area contributed by atoms with Crippen molar-refractivity contribution in [3.05, 3.63) is 95.8 Å². The van der Waals surface area contributed by atoms with Crippen molar-refractivity contribution >= 4 is 11.9 Å². The van der Waals surface area contributed by atoms with E-state index in [9.17, 15) is 9.59 Å². The zero-order valence-electron chi connectivity index (χ0n) is 19.1. The van der Waals surface area contributed by atoms with Crippen LogP contribution in [0.15, 0.2) is 73.1 Å². The van der Waals surface area contributed by atoms with Gasteiger partial charge < -0.3 is 9.84 Å². The van der Waals surface area contributed by atoms with Crippen molar-refractivity contribution in [3.63, 3.8) is 0 Å². The highest BCUT2D eigenvalue weighted by atomic mass is 16.5. The number of carboxylic acids is 1. The third kappa shape index (κ3) is 6.07. The minimum atomic E-state index is -1.01. The van der Waals surface area contributed by atoms with E-state index in [0.717, 1.165) is 11.1 Å². The second-order valence-electron chi connectivity index (χ2n) is 7.12. The summed E-state index contributed by atoms with van der Waals surface area (Å²) in [5.74, 6) is -0.221. The molecule has 2 aromatic heterocycles. The molecule has 34 heavy (non-hydrogen) atoms. The Morgan fingerprint density at radius 3 is 1.65 bits per heavy atom. The monoisotopic (exact) mass is 456 g/mol. The fourth-order valence-corrected chi connectivity index (χ4v) is 3.09. The number of benzene rings is 2. The van der Waals surface area contributed by atoms with Gasteiger partial charge in [-0.15, -0.1) is 0 Å². The lowest BCUT2D eigenvalue weighted by molar-refractivity contribution is 0.0525. The quantitative estimate of drug-likeness (QED) is 0.427. The fraction of sp³-hybridized carbons (Fsp3) is 0.154.